The molecule has 0 aliphatic carbocycles. The van der Waals surface area contributed by atoms with Crippen molar-refractivity contribution in [2.45, 2.75) is 0 Å². The monoisotopic (exact) mass is 410 g/mol. The molecule has 4 rings (SSSR count). The highest BCUT2D eigenvalue weighted by Gasteiger charge is 2.11. The molecule has 0 saturated carbocycles. The van der Waals surface area contributed by atoms with Crippen molar-refractivity contribution in [2.24, 2.45) is 0 Å². The Bertz CT molecular complexity index is 1180. The minimum atomic E-state index is -0.389. The molecule has 0 N–H and O–H groups in total. The first kappa shape index (κ1) is 20.2. The van der Waals surface area contributed by atoms with Crippen LogP contribution in [0.15, 0.2) is 103 Å². The molecule has 0 amide bonds. The van der Waals surface area contributed by atoms with Crippen LogP contribution in [0.2, 0.25) is 0 Å². The third-order valence-corrected chi connectivity index (χ3v) is 4.91. The molecule has 0 fully saturated rings. The van der Waals surface area contributed by atoms with Gasteiger partial charge in [0.2, 0.25) is 0 Å². The minimum absolute atomic E-state index is 0.101. The van der Waals surface area contributed by atoms with E-state index in [4.69, 9.17) is 4.74 Å². The number of benzene rings is 4. The third kappa shape index (κ3) is 4.93. The molecule has 31 heavy (non-hydrogen) atoms. The molecule has 0 bridgehead atoms. The van der Waals surface area contributed by atoms with E-state index in [0.717, 1.165) is 11.1 Å². The van der Waals surface area contributed by atoms with E-state index in [-0.39, 0.29) is 24.0 Å². The van der Waals surface area contributed by atoms with Crippen molar-refractivity contribution in [1.29, 1.82) is 0 Å². The fraction of sp³-hybridized carbons (Fsp3) is 0.0370. The molecule has 4 aromatic rings. The summed E-state index contributed by atoms with van der Waals surface area (Å²) in [6, 6.07) is 29.3. The van der Waals surface area contributed by atoms with Crippen LogP contribution in [0.1, 0.15) is 26.3 Å². The molecule has 3 nitrogen and oxygen atoms in total. The van der Waals surface area contributed by atoms with E-state index < -0.39 is 0 Å². The van der Waals surface area contributed by atoms with Gasteiger partial charge in [-0.3, -0.25) is 9.59 Å². The zero-order valence-electron chi connectivity index (χ0n) is 16.6. The van der Waals surface area contributed by atoms with Gasteiger partial charge in [0.1, 0.15) is 11.6 Å². The summed E-state index contributed by atoms with van der Waals surface area (Å²) in [7, 11) is 0. The molecular formula is C27H19FO3. The third-order valence-electron chi connectivity index (χ3n) is 4.91. The van der Waals surface area contributed by atoms with E-state index in [2.05, 4.69) is 0 Å². The highest BCUT2D eigenvalue weighted by atomic mass is 19.1. The van der Waals surface area contributed by atoms with E-state index in [1.165, 1.54) is 24.3 Å². The SMILES string of the molecule is O=C(COc1ccc(C(=O)c2ccc(F)cc2)cc1)c1ccc(-c2ccccc2)cc1. The van der Waals surface area contributed by atoms with Crippen molar-refractivity contribution in [3.63, 3.8) is 0 Å². The Labute approximate surface area is 179 Å². The Hall–Kier alpha value is -4.05. The molecule has 152 valence electrons. The molecular weight excluding hydrogens is 391 g/mol. The lowest BCUT2D eigenvalue weighted by Crippen LogP contribution is -2.11. The first-order valence-corrected chi connectivity index (χ1v) is 9.82. The van der Waals surface area contributed by atoms with Crippen LogP contribution in [0.4, 0.5) is 4.39 Å². The lowest BCUT2D eigenvalue weighted by molar-refractivity contribution is 0.0920. The second-order valence-electron chi connectivity index (χ2n) is 7.02. The molecule has 0 atom stereocenters. The number of ether oxygens (including phenoxy) is 1. The normalized spacial score (nSPS) is 10.5. The largest absolute Gasteiger partial charge is 0.485 e. The molecule has 0 heterocycles. The topological polar surface area (TPSA) is 43.4 Å². The van der Waals surface area contributed by atoms with E-state index in [9.17, 15) is 14.0 Å². The average Bonchev–Trinajstić information content (AvgIpc) is 2.83. The summed E-state index contributed by atoms with van der Waals surface area (Å²) in [5.41, 5.74) is 3.57. The fourth-order valence-corrected chi connectivity index (χ4v) is 3.18. The lowest BCUT2D eigenvalue weighted by Gasteiger charge is -2.08. The predicted octanol–water partition coefficient (Wildman–Crippen LogP) is 5.99. The van der Waals surface area contributed by atoms with Crippen LogP contribution >= 0.6 is 0 Å². The molecule has 0 unspecified atom stereocenters. The van der Waals surface area contributed by atoms with Crippen LogP contribution < -0.4 is 4.74 Å². The number of hydrogen-bond donors (Lipinski definition) is 0. The molecule has 4 heteroatoms. The van der Waals surface area contributed by atoms with Gasteiger partial charge >= 0.3 is 0 Å². The van der Waals surface area contributed by atoms with Gasteiger partial charge < -0.3 is 4.74 Å². The number of hydrogen-bond acceptors (Lipinski definition) is 3. The zero-order valence-corrected chi connectivity index (χ0v) is 16.6. The number of carbonyl (C=O) groups is 2. The maximum absolute atomic E-state index is 13.0. The van der Waals surface area contributed by atoms with Crippen molar-refractivity contribution in [3.05, 3.63) is 126 Å². The molecule has 0 saturated heterocycles. The fourth-order valence-electron chi connectivity index (χ4n) is 3.18. The van der Waals surface area contributed by atoms with E-state index in [0.29, 0.717) is 22.4 Å². The van der Waals surface area contributed by atoms with Crippen LogP contribution in [0.5, 0.6) is 5.75 Å². The quantitative estimate of drug-likeness (QED) is 0.352. The summed E-state index contributed by atoms with van der Waals surface area (Å²) in [5.74, 6) is -0.239. The smallest absolute Gasteiger partial charge is 0.200 e. The van der Waals surface area contributed by atoms with Crippen LogP contribution in [0.25, 0.3) is 11.1 Å². The van der Waals surface area contributed by atoms with E-state index in [1.54, 1.807) is 36.4 Å². The highest BCUT2D eigenvalue weighted by Crippen LogP contribution is 2.20. The summed E-state index contributed by atoms with van der Waals surface area (Å²) in [6.07, 6.45) is 0. The van der Waals surface area contributed by atoms with E-state index in [1.807, 2.05) is 42.5 Å². The Morgan fingerprint density at radius 2 is 1.13 bits per heavy atom. The van der Waals surface area contributed by atoms with Gasteiger partial charge in [0, 0.05) is 16.7 Å². The second kappa shape index (κ2) is 9.18. The predicted molar refractivity (Wildman–Crippen MR) is 118 cm³/mol. The summed E-state index contributed by atoms with van der Waals surface area (Å²) in [4.78, 5) is 24.9. The molecule has 0 aromatic heterocycles. The minimum Gasteiger partial charge on any atom is -0.485 e. The van der Waals surface area contributed by atoms with Crippen molar-refractivity contribution in [3.8, 4) is 16.9 Å². The van der Waals surface area contributed by atoms with Crippen molar-refractivity contribution >= 4 is 11.6 Å². The van der Waals surface area contributed by atoms with Gasteiger partial charge in [-0.05, 0) is 59.7 Å². The molecule has 4 aromatic carbocycles. The van der Waals surface area contributed by atoms with Crippen LogP contribution in [0.3, 0.4) is 0 Å². The lowest BCUT2D eigenvalue weighted by atomic mass is 10.0. The number of Topliss-reactive ketones (excluding diaryl/α,β-unsaturated/α-hetero) is 1. The number of halogens is 1. The number of rotatable bonds is 7. The van der Waals surface area contributed by atoms with Gasteiger partial charge in [0.25, 0.3) is 0 Å². The molecule has 0 aliphatic rings. The summed E-state index contributed by atoms with van der Waals surface area (Å²) in [6.45, 7) is -0.101. The van der Waals surface area contributed by atoms with Gasteiger partial charge in [-0.15, -0.1) is 0 Å². The summed E-state index contributed by atoms with van der Waals surface area (Å²) < 4.78 is 18.6. The van der Waals surface area contributed by atoms with Crippen molar-refractivity contribution < 1.29 is 18.7 Å². The Morgan fingerprint density at radius 1 is 0.613 bits per heavy atom. The second-order valence-corrected chi connectivity index (χ2v) is 7.02. The first-order valence-electron chi connectivity index (χ1n) is 9.82. The Kier molecular flexibility index (Phi) is 5.99. The van der Waals surface area contributed by atoms with Gasteiger partial charge in [-0.2, -0.15) is 0 Å². The number of ketones is 2. The standard InChI is InChI=1S/C27H19FO3/c28-24-14-10-22(11-15-24)27(30)23-12-16-25(17-13-23)31-18-26(29)21-8-6-20(7-9-21)19-4-2-1-3-5-19/h1-17H,18H2. The average molecular weight is 410 g/mol. The molecule has 0 radical (unpaired) electrons. The summed E-state index contributed by atoms with van der Waals surface area (Å²) in [5, 5.41) is 0. The molecule has 0 spiro atoms. The Morgan fingerprint density at radius 3 is 1.74 bits per heavy atom. The van der Waals surface area contributed by atoms with Crippen molar-refractivity contribution in [1.82, 2.24) is 0 Å². The van der Waals surface area contributed by atoms with Gasteiger partial charge in [0.05, 0.1) is 0 Å². The van der Waals surface area contributed by atoms with Gasteiger partial charge in [-0.1, -0.05) is 54.6 Å². The van der Waals surface area contributed by atoms with Crippen molar-refractivity contribution in [2.75, 3.05) is 6.61 Å². The Balaban J connectivity index is 1.36. The number of carbonyl (C=O) groups excluding carboxylic acids is 2. The maximum atomic E-state index is 13.0. The highest BCUT2D eigenvalue weighted by molar-refractivity contribution is 6.09. The van der Waals surface area contributed by atoms with Gasteiger partial charge in [0.15, 0.2) is 18.2 Å². The zero-order chi connectivity index (χ0) is 21.6. The van der Waals surface area contributed by atoms with E-state index >= 15 is 0 Å². The van der Waals surface area contributed by atoms with Crippen LogP contribution in [-0.4, -0.2) is 18.2 Å². The van der Waals surface area contributed by atoms with Crippen LogP contribution in [0, 0.1) is 5.82 Å². The first-order chi connectivity index (χ1) is 15.1. The molecule has 0 aliphatic heterocycles. The maximum Gasteiger partial charge on any atom is 0.200 e. The summed E-state index contributed by atoms with van der Waals surface area (Å²) >= 11 is 0. The van der Waals surface area contributed by atoms with Crippen LogP contribution in [-0.2, 0) is 0 Å². The van der Waals surface area contributed by atoms with Gasteiger partial charge in [-0.25, -0.2) is 4.39 Å².